The van der Waals surface area contributed by atoms with E-state index < -0.39 is 63.2 Å². The maximum Gasteiger partial charge on any atom is 0.472 e. The molecule has 60 heavy (non-hydrogen) atoms. The van der Waals surface area contributed by atoms with E-state index in [-0.39, 0.29) is 12.3 Å². The van der Waals surface area contributed by atoms with Crippen molar-refractivity contribution in [3.05, 3.63) is 12.2 Å². The van der Waals surface area contributed by atoms with Crippen molar-refractivity contribution in [2.24, 2.45) is 0 Å². The van der Waals surface area contributed by atoms with E-state index in [2.05, 4.69) is 19.2 Å². The minimum atomic E-state index is -5.07. The molecule has 0 radical (unpaired) electrons. The molecule has 0 aromatic heterocycles. The van der Waals surface area contributed by atoms with Gasteiger partial charge in [-0.1, -0.05) is 212 Å². The van der Waals surface area contributed by atoms with E-state index in [0.717, 1.165) is 44.9 Å². The molecule has 1 aliphatic carbocycles. The number of hydrogen-bond acceptors (Lipinski definition) is 10. The number of allylic oxidation sites excluding steroid dienone is 1. The first-order valence-electron chi connectivity index (χ1n) is 24.6. The first-order chi connectivity index (χ1) is 28.9. The highest BCUT2D eigenvalue weighted by Gasteiger charge is 2.51. The normalized spacial score (nSPS) is 22.9. The van der Waals surface area contributed by atoms with Gasteiger partial charge in [-0.2, -0.15) is 0 Å². The summed E-state index contributed by atoms with van der Waals surface area (Å²) in [4.78, 5) is 23.3. The van der Waals surface area contributed by atoms with Crippen LogP contribution in [0.5, 0.6) is 0 Å². The second-order valence-corrected chi connectivity index (χ2v) is 19.1. The van der Waals surface area contributed by atoms with Gasteiger partial charge >= 0.3 is 7.82 Å². The lowest BCUT2D eigenvalue weighted by atomic mass is 9.85. The molecule has 9 atom stereocenters. The average molecular weight is 878 g/mol. The van der Waals surface area contributed by atoms with Crippen LogP contribution >= 0.6 is 7.82 Å². The fraction of sp³-hybridized carbons (Fsp3) is 0.936. The van der Waals surface area contributed by atoms with Crippen LogP contribution in [0.25, 0.3) is 0 Å². The number of hydrogen-bond donors (Lipinski definition) is 8. The standard InChI is InChI=1S/C47H92NO11P/c1-3-5-7-9-11-13-14-15-16-17-18-19-20-21-22-23-24-25-26-27-29-31-33-35-37-41(50)48-39(40(49)36-34-32-30-28-12-10-8-6-4-2)38-58-60(56,57)59-47-45(54)43(52)42(51)44(53)46(47)55/h34,36,39-40,42-47,49,51-55H,3-33,35,37-38H2,1-2H3,(H,48,50)(H,56,57)/b36-34+/t39-,40+,42?,43+,44?,45?,46?,47?/m0/s1. The van der Waals surface area contributed by atoms with E-state index in [0.29, 0.717) is 6.42 Å². The first-order valence-corrected chi connectivity index (χ1v) is 26.1. The van der Waals surface area contributed by atoms with Crippen LogP contribution in [0, 0.1) is 0 Å². The average Bonchev–Trinajstić information content (AvgIpc) is 3.23. The summed E-state index contributed by atoms with van der Waals surface area (Å²) in [5.41, 5.74) is 0. The van der Waals surface area contributed by atoms with E-state index in [4.69, 9.17) is 9.05 Å². The maximum absolute atomic E-state index is 12.9. The molecule has 0 heterocycles. The summed E-state index contributed by atoms with van der Waals surface area (Å²) in [7, 11) is -5.07. The van der Waals surface area contributed by atoms with Crippen LogP contribution < -0.4 is 5.32 Å². The van der Waals surface area contributed by atoms with Crippen molar-refractivity contribution >= 4 is 13.7 Å². The van der Waals surface area contributed by atoms with Gasteiger partial charge in [-0.05, 0) is 19.3 Å². The summed E-state index contributed by atoms with van der Waals surface area (Å²) in [6.45, 7) is 3.81. The Morgan fingerprint density at radius 1 is 0.550 bits per heavy atom. The van der Waals surface area contributed by atoms with Gasteiger partial charge < -0.3 is 40.8 Å². The molecule has 0 aromatic carbocycles. The predicted molar refractivity (Wildman–Crippen MR) is 241 cm³/mol. The van der Waals surface area contributed by atoms with Crippen molar-refractivity contribution in [2.45, 2.75) is 275 Å². The topological polar surface area (TPSA) is 206 Å². The van der Waals surface area contributed by atoms with Gasteiger partial charge in [0.05, 0.1) is 18.8 Å². The zero-order valence-electron chi connectivity index (χ0n) is 38.0. The molecule has 1 aliphatic rings. The molecule has 0 saturated heterocycles. The number of rotatable bonds is 41. The molecule has 13 heteroatoms. The van der Waals surface area contributed by atoms with Crippen LogP contribution in [-0.4, -0.2) is 96.8 Å². The molecular formula is C47H92NO11P. The number of unbranched alkanes of at least 4 members (excludes halogenated alkanes) is 30. The molecule has 1 fully saturated rings. The second kappa shape index (κ2) is 37.5. The molecule has 0 bridgehead atoms. The Labute approximate surface area is 365 Å². The minimum Gasteiger partial charge on any atom is -0.387 e. The smallest absolute Gasteiger partial charge is 0.387 e. The molecule has 0 aliphatic heterocycles. The van der Waals surface area contributed by atoms with Crippen molar-refractivity contribution in [1.29, 1.82) is 0 Å². The third-order valence-corrected chi connectivity index (χ3v) is 13.1. The van der Waals surface area contributed by atoms with Gasteiger partial charge in [-0.15, -0.1) is 0 Å². The van der Waals surface area contributed by atoms with Gasteiger partial charge in [0.15, 0.2) is 0 Å². The highest BCUT2D eigenvalue weighted by atomic mass is 31.2. The predicted octanol–water partition coefficient (Wildman–Crippen LogP) is 9.62. The number of nitrogens with one attached hydrogen (secondary N) is 1. The van der Waals surface area contributed by atoms with Crippen LogP contribution in [0.3, 0.4) is 0 Å². The van der Waals surface area contributed by atoms with Crippen LogP contribution in [0.1, 0.15) is 226 Å². The summed E-state index contributed by atoms with van der Waals surface area (Å²) in [6, 6.07) is -1.11. The van der Waals surface area contributed by atoms with Crippen LogP contribution in [-0.2, 0) is 18.4 Å². The van der Waals surface area contributed by atoms with Gasteiger partial charge in [0.1, 0.15) is 36.6 Å². The molecule has 12 nitrogen and oxygen atoms in total. The Balaban J connectivity index is 2.31. The number of aliphatic hydroxyl groups is 6. The largest absolute Gasteiger partial charge is 0.472 e. The molecule has 0 aromatic rings. The summed E-state index contributed by atoms with van der Waals surface area (Å²) >= 11 is 0. The third-order valence-electron chi connectivity index (χ3n) is 12.1. The Hall–Kier alpha value is -0.920. The lowest BCUT2D eigenvalue weighted by Gasteiger charge is -2.41. The molecule has 6 unspecified atom stereocenters. The molecular weight excluding hydrogens is 785 g/mol. The first kappa shape index (κ1) is 57.1. The third kappa shape index (κ3) is 28.7. The molecule has 0 spiro atoms. The van der Waals surface area contributed by atoms with Crippen molar-refractivity contribution < 1.29 is 53.9 Å². The number of aliphatic hydroxyl groups excluding tert-OH is 6. The van der Waals surface area contributed by atoms with Crippen LogP contribution in [0.15, 0.2) is 12.2 Å². The number of phosphoric ester groups is 1. The van der Waals surface area contributed by atoms with E-state index in [9.17, 15) is 44.9 Å². The zero-order valence-corrected chi connectivity index (χ0v) is 38.9. The lowest BCUT2D eigenvalue weighted by molar-refractivity contribution is -0.220. The number of amides is 1. The monoisotopic (exact) mass is 878 g/mol. The summed E-state index contributed by atoms with van der Waals surface area (Å²) in [5, 5.41) is 63.9. The van der Waals surface area contributed by atoms with Crippen molar-refractivity contribution in [2.75, 3.05) is 6.61 Å². The Morgan fingerprint density at radius 2 is 0.883 bits per heavy atom. The quantitative estimate of drug-likeness (QED) is 0.0165. The number of carbonyl (C=O) groups excluding carboxylic acids is 1. The van der Waals surface area contributed by atoms with Gasteiger partial charge in [-0.3, -0.25) is 13.8 Å². The van der Waals surface area contributed by atoms with Crippen molar-refractivity contribution in [3.63, 3.8) is 0 Å². The Morgan fingerprint density at radius 3 is 1.27 bits per heavy atom. The van der Waals surface area contributed by atoms with Crippen molar-refractivity contribution in [1.82, 2.24) is 5.32 Å². The lowest BCUT2D eigenvalue weighted by Crippen LogP contribution is -2.64. The Kier molecular flexibility index (Phi) is 35.6. The van der Waals surface area contributed by atoms with Crippen LogP contribution in [0.4, 0.5) is 0 Å². The van der Waals surface area contributed by atoms with Crippen molar-refractivity contribution in [3.8, 4) is 0 Å². The summed E-state index contributed by atoms with van der Waals surface area (Å²) in [6.07, 6.45) is 30.3. The summed E-state index contributed by atoms with van der Waals surface area (Å²) < 4.78 is 22.9. The van der Waals surface area contributed by atoms with E-state index >= 15 is 0 Å². The fourth-order valence-corrected chi connectivity index (χ4v) is 8.99. The molecule has 1 amide bonds. The zero-order chi connectivity index (χ0) is 44.3. The van der Waals surface area contributed by atoms with E-state index in [1.54, 1.807) is 0 Å². The second-order valence-electron chi connectivity index (χ2n) is 17.7. The van der Waals surface area contributed by atoms with Gasteiger partial charge in [-0.25, -0.2) is 4.57 Å². The Bertz CT molecular complexity index is 1070. The van der Waals surface area contributed by atoms with E-state index in [1.807, 2.05) is 6.08 Å². The van der Waals surface area contributed by atoms with Crippen LogP contribution in [0.2, 0.25) is 0 Å². The summed E-state index contributed by atoms with van der Waals surface area (Å²) in [5.74, 6) is -0.339. The molecule has 8 N–H and O–H groups in total. The minimum absolute atomic E-state index is 0.218. The molecule has 1 saturated carbocycles. The number of phosphoric acid groups is 1. The number of carbonyl (C=O) groups is 1. The van der Waals surface area contributed by atoms with Gasteiger partial charge in [0.2, 0.25) is 5.91 Å². The van der Waals surface area contributed by atoms with Gasteiger partial charge in [0.25, 0.3) is 0 Å². The fourth-order valence-electron chi connectivity index (χ4n) is 8.02. The van der Waals surface area contributed by atoms with E-state index in [1.165, 1.54) is 160 Å². The molecule has 1 rings (SSSR count). The highest BCUT2D eigenvalue weighted by molar-refractivity contribution is 7.47. The maximum atomic E-state index is 12.9. The SMILES string of the molecule is CCCCCCCCC/C=C/[C@@H](O)[C@H](COP(=O)(O)OC1C(O)C(O)C(O)[C@@H](O)C1O)NC(=O)CCCCCCCCCCCCCCCCCCCCCCCCCC. The highest BCUT2D eigenvalue weighted by Crippen LogP contribution is 2.47. The van der Waals surface area contributed by atoms with Gasteiger partial charge in [0, 0.05) is 6.42 Å². The molecule has 356 valence electrons.